The Kier molecular flexibility index (Phi) is 6.83. The molecule has 0 radical (unpaired) electrons. The largest absolute Gasteiger partial charge is 0.495 e. The summed E-state index contributed by atoms with van der Waals surface area (Å²) in [6.45, 7) is 0. The number of halogens is 2. The number of thiocarbonyl (C=S) groups is 1. The van der Waals surface area contributed by atoms with Crippen LogP contribution in [0.4, 0.5) is 11.4 Å². The van der Waals surface area contributed by atoms with Crippen LogP contribution in [-0.4, -0.2) is 37.1 Å². The summed E-state index contributed by atoms with van der Waals surface area (Å²) in [6, 6.07) is 20.1. The number of carbonyl (C=O) groups excluding carboxylic acids is 1. The number of anilines is 2. The normalized spacial score (nSPS) is 15.3. The Bertz CT molecular complexity index is 1250. The van der Waals surface area contributed by atoms with Gasteiger partial charge in [0.2, 0.25) is 6.17 Å². The smallest absolute Gasteiger partial charge is 0.272 e. The van der Waals surface area contributed by atoms with E-state index in [9.17, 15) is 4.79 Å². The lowest BCUT2D eigenvalue weighted by Gasteiger charge is -2.22. The fourth-order valence-corrected chi connectivity index (χ4v) is 4.09. The second-order valence-electron chi connectivity index (χ2n) is 7.25. The standard InChI is InChI=1S/C24H20Cl2N4O2S/c1-30-19-10-8-15(25)12-17(19)21(14-6-4-3-5-7-14)28-22(23(30)31)29-24(33)27-18-13-16(26)9-11-20(18)32-2/h3-13,22H,1-2H3,(H2,27,29,33). The summed E-state index contributed by atoms with van der Waals surface area (Å²) in [4.78, 5) is 19.6. The van der Waals surface area contributed by atoms with Crippen LogP contribution < -0.4 is 20.3 Å². The number of carbonyl (C=O) groups is 1. The van der Waals surface area contributed by atoms with Gasteiger partial charge in [0.25, 0.3) is 5.91 Å². The Hall–Kier alpha value is -3.13. The first-order chi connectivity index (χ1) is 15.9. The average molecular weight is 499 g/mol. The summed E-state index contributed by atoms with van der Waals surface area (Å²) in [6.07, 6.45) is -0.971. The van der Waals surface area contributed by atoms with Gasteiger partial charge in [-0.05, 0) is 48.6 Å². The molecule has 0 spiro atoms. The van der Waals surface area contributed by atoms with Gasteiger partial charge < -0.3 is 20.3 Å². The Morgan fingerprint density at radius 3 is 2.48 bits per heavy atom. The molecule has 2 N–H and O–H groups in total. The van der Waals surface area contributed by atoms with E-state index in [-0.39, 0.29) is 11.0 Å². The number of hydrogen-bond donors (Lipinski definition) is 2. The number of nitrogens with zero attached hydrogens (tertiary/aromatic N) is 2. The van der Waals surface area contributed by atoms with E-state index >= 15 is 0 Å². The zero-order valence-corrected chi connectivity index (χ0v) is 20.1. The van der Waals surface area contributed by atoms with E-state index in [0.717, 1.165) is 11.1 Å². The maximum atomic E-state index is 13.3. The highest BCUT2D eigenvalue weighted by Gasteiger charge is 2.30. The summed E-state index contributed by atoms with van der Waals surface area (Å²) in [5, 5.41) is 7.32. The third kappa shape index (κ3) is 4.95. The monoisotopic (exact) mass is 498 g/mol. The predicted molar refractivity (Wildman–Crippen MR) is 138 cm³/mol. The van der Waals surface area contributed by atoms with E-state index in [1.807, 2.05) is 42.5 Å². The van der Waals surface area contributed by atoms with Crippen LogP contribution in [0.5, 0.6) is 5.75 Å². The molecule has 1 atom stereocenters. The Balaban J connectivity index is 1.71. The van der Waals surface area contributed by atoms with E-state index in [4.69, 9.17) is 45.1 Å². The number of likely N-dealkylation sites (N-methyl/N-ethyl adjacent to an activating group) is 1. The quantitative estimate of drug-likeness (QED) is 0.488. The van der Waals surface area contributed by atoms with Crippen molar-refractivity contribution in [3.05, 3.63) is 87.9 Å². The molecule has 33 heavy (non-hydrogen) atoms. The number of benzodiazepines with no additional fused rings is 1. The summed E-state index contributed by atoms with van der Waals surface area (Å²) < 4.78 is 5.35. The summed E-state index contributed by atoms with van der Waals surface area (Å²) in [7, 11) is 3.25. The molecule has 6 nitrogen and oxygen atoms in total. The first-order valence-electron chi connectivity index (χ1n) is 9.99. The fraction of sp³-hybridized carbons (Fsp3) is 0.125. The van der Waals surface area contributed by atoms with Crippen LogP contribution >= 0.6 is 35.4 Å². The highest BCUT2D eigenvalue weighted by atomic mass is 35.5. The number of ether oxygens (including phenoxy) is 1. The molecule has 0 saturated heterocycles. The molecule has 4 rings (SSSR count). The van der Waals surface area contributed by atoms with Crippen LogP contribution in [0.3, 0.4) is 0 Å². The molecule has 3 aromatic carbocycles. The highest BCUT2D eigenvalue weighted by Crippen LogP contribution is 2.30. The van der Waals surface area contributed by atoms with Gasteiger partial charge in [-0.15, -0.1) is 0 Å². The Morgan fingerprint density at radius 1 is 1.06 bits per heavy atom. The van der Waals surface area contributed by atoms with Crippen molar-refractivity contribution < 1.29 is 9.53 Å². The van der Waals surface area contributed by atoms with Crippen molar-refractivity contribution in [1.29, 1.82) is 0 Å². The minimum atomic E-state index is -0.971. The van der Waals surface area contributed by atoms with Gasteiger partial charge in [0.15, 0.2) is 5.11 Å². The molecule has 1 unspecified atom stereocenters. The molecule has 1 aliphatic rings. The van der Waals surface area contributed by atoms with Crippen LogP contribution in [0.2, 0.25) is 10.0 Å². The molecule has 1 aliphatic heterocycles. The summed E-state index contributed by atoms with van der Waals surface area (Å²) in [5.74, 6) is 0.287. The molecular weight excluding hydrogens is 479 g/mol. The van der Waals surface area contributed by atoms with Gasteiger partial charge in [0.05, 0.1) is 24.2 Å². The number of hydrogen-bond acceptors (Lipinski definition) is 4. The van der Waals surface area contributed by atoms with Gasteiger partial charge in [0.1, 0.15) is 5.75 Å². The molecule has 1 heterocycles. The number of fused-ring (bicyclic) bond motifs is 1. The van der Waals surface area contributed by atoms with Crippen molar-refractivity contribution in [2.24, 2.45) is 4.99 Å². The van der Waals surface area contributed by atoms with E-state index in [0.29, 0.717) is 32.9 Å². The van der Waals surface area contributed by atoms with Crippen LogP contribution in [0.25, 0.3) is 0 Å². The Morgan fingerprint density at radius 2 is 1.76 bits per heavy atom. The van der Waals surface area contributed by atoms with Crippen molar-refractivity contribution in [2.75, 3.05) is 24.4 Å². The molecule has 9 heteroatoms. The van der Waals surface area contributed by atoms with E-state index in [1.165, 1.54) is 0 Å². The summed E-state index contributed by atoms with van der Waals surface area (Å²) >= 11 is 17.9. The van der Waals surface area contributed by atoms with Crippen LogP contribution in [0, 0.1) is 0 Å². The topological polar surface area (TPSA) is 66.0 Å². The molecular formula is C24H20Cl2N4O2S. The van der Waals surface area contributed by atoms with Crippen molar-refractivity contribution in [3.8, 4) is 5.75 Å². The number of methoxy groups -OCH3 is 1. The fourth-order valence-electron chi connectivity index (χ4n) is 3.53. The molecule has 0 fully saturated rings. The molecule has 1 amide bonds. The number of rotatable bonds is 4. The number of benzene rings is 3. The van der Waals surface area contributed by atoms with Crippen molar-refractivity contribution in [3.63, 3.8) is 0 Å². The molecule has 168 valence electrons. The third-order valence-corrected chi connectivity index (χ3v) is 5.81. The first-order valence-corrected chi connectivity index (χ1v) is 11.2. The van der Waals surface area contributed by atoms with Crippen LogP contribution in [0.1, 0.15) is 11.1 Å². The predicted octanol–water partition coefficient (Wildman–Crippen LogP) is 5.13. The molecule has 0 aliphatic carbocycles. The van der Waals surface area contributed by atoms with Gasteiger partial charge in [-0.3, -0.25) is 4.79 Å². The van der Waals surface area contributed by atoms with E-state index in [2.05, 4.69) is 10.6 Å². The van der Waals surface area contributed by atoms with E-state index < -0.39 is 6.17 Å². The number of nitrogens with one attached hydrogen (secondary N) is 2. The molecule has 0 saturated carbocycles. The van der Waals surface area contributed by atoms with Crippen molar-refractivity contribution in [1.82, 2.24) is 5.32 Å². The van der Waals surface area contributed by atoms with Crippen molar-refractivity contribution >= 4 is 63.5 Å². The first kappa shape index (κ1) is 23.0. The molecule has 0 aromatic heterocycles. The second kappa shape index (κ2) is 9.79. The van der Waals surface area contributed by atoms with E-state index in [1.54, 1.807) is 43.3 Å². The highest BCUT2D eigenvalue weighted by molar-refractivity contribution is 7.80. The lowest BCUT2D eigenvalue weighted by molar-refractivity contribution is -0.119. The van der Waals surface area contributed by atoms with Crippen LogP contribution in [-0.2, 0) is 4.79 Å². The Labute approximate surface area is 207 Å². The van der Waals surface area contributed by atoms with Crippen LogP contribution in [0.15, 0.2) is 71.7 Å². The molecule has 3 aromatic rings. The zero-order valence-electron chi connectivity index (χ0n) is 17.8. The minimum Gasteiger partial charge on any atom is -0.495 e. The number of amides is 1. The lowest BCUT2D eigenvalue weighted by Crippen LogP contribution is -2.47. The second-order valence-corrected chi connectivity index (χ2v) is 8.53. The maximum Gasteiger partial charge on any atom is 0.272 e. The average Bonchev–Trinajstić information content (AvgIpc) is 2.90. The van der Waals surface area contributed by atoms with Gasteiger partial charge in [-0.25, -0.2) is 4.99 Å². The zero-order chi connectivity index (χ0) is 23.5. The molecule has 0 bridgehead atoms. The van der Waals surface area contributed by atoms with Crippen molar-refractivity contribution in [2.45, 2.75) is 6.17 Å². The summed E-state index contributed by atoms with van der Waals surface area (Å²) in [5.41, 5.74) is 3.51. The maximum absolute atomic E-state index is 13.3. The number of aliphatic imine (C=N–C) groups is 1. The lowest BCUT2D eigenvalue weighted by atomic mass is 10.0. The third-order valence-electron chi connectivity index (χ3n) is 5.12. The van der Waals surface area contributed by atoms with Gasteiger partial charge in [-0.1, -0.05) is 53.5 Å². The van der Waals surface area contributed by atoms with Gasteiger partial charge in [-0.2, -0.15) is 0 Å². The van der Waals surface area contributed by atoms with Gasteiger partial charge >= 0.3 is 0 Å². The minimum absolute atomic E-state index is 0.197. The SMILES string of the molecule is COc1ccc(Cl)cc1NC(=S)NC1N=C(c2ccccc2)c2cc(Cl)ccc2N(C)C1=O. The van der Waals surface area contributed by atoms with Gasteiger partial charge in [0, 0.05) is 28.2 Å².